The molecule has 1 heterocycles. The monoisotopic (exact) mass is 321 g/mol. The molecule has 0 saturated carbocycles. The SMILES string of the molecule is C=C(C)CN(CC)C(=O)COC(=O)c1csc2c1CCCC2. The smallest absolute Gasteiger partial charge is 0.339 e. The third-order valence-electron chi connectivity index (χ3n) is 3.80. The second kappa shape index (κ2) is 7.58. The molecule has 5 heteroatoms. The van der Waals surface area contributed by atoms with Gasteiger partial charge in [-0.25, -0.2) is 4.79 Å². The highest BCUT2D eigenvalue weighted by molar-refractivity contribution is 7.10. The quantitative estimate of drug-likeness (QED) is 0.597. The average Bonchev–Trinajstić information content (AvgIpc) is 2.93. The second-order valence-corrected chi connectivity index (χ2v) is 6.66. The van der Waals surface area contributed by atoms with Crippen molar-refractivity contribution in [2.75, 3.05) is 19.7 Å². The fraction of sp³-hybridized carbons (Fsp3) is 0.529. The molecule has 0 aliphatic heterocycles. The number of carbonyl (C=O) groups is 2. The second-order valence-electron chi connectivity index (χ2n) is 5.70. The zero-order valence-electron chi connectivity index (χ0n) is 13.3. The van der Waals surface area contributed by atoms with Crippen molar-refractivity contribution >= 4 is 23.2 Å². The lowest BCUT2D eigenvalue weighted by molar-refractivity contribution is -0.133. The van der Waals surface area contributed by atoms with Crippen LogP contribution in [0.5, 0.6) is 0 Å². The van der Waals surface area contributed by atoms with Gasteiger partial charge in [0.1, 0.15) is 0 Å². The summed E-state index contributed by atoms with van der Waals surface area (Å²) in [6, 6.07) is 0. The van der Waals surface area contributed by atoms with Crippen LogP contribution in [-0.4, -0.2) is 36.5 Å². The van der Waals surface area contributed by atoms with Gasteiger partial charge in [-0.05, 0) is 45.1 Å². The Balaban J connectivity index is 1.93. The van der Waals surface area contributed by atoms with Crippen LogP contribution in [-0.2, 0) is 22.4 Å². The Morgan fingerprint density at radius 3 is 2.77 bits per heavy atom. The zero-order valence-corrected chi connectivity index (χ0v) is 14.1. The standard InChI is InChI=1S/C17H23NO3S/c1-4-18(9-12(2)3)16(19)10-21-17(20)14-11-22-15-8-6-5-7-13(14)15/h11H,2,4-10H2,1,3H3. The molecule has 0 bridgehead atoms. The first-order valence-electron chi connectivity index (χ1n) is 7.71. The van der Waals surface area contributed by atoms with Crippen LogP contribution in [0.1, 0.15) is 47.5 Å². The predicted molar refractivity (Wildman–Crippen MR) is 88.3 cm³/mol. The molecule has 1 aromatic heterocycles. The molecule has 4 nitrogen and oxygen atoms in total. The van der Waals surface area contributed by atoms with Gasteiger partial charge >= 0.3 is 5.97 Å². The van der Waals surface area contributed by atoms with Crippen LogP contribution in [0.15, 0.2) is 17.5 Å². The number of hydrogen-bond donors (Lipinski definition) is 0. The molecule has 0 N–H and O–H groups in total. The lowest BCUT2D eigenvalue weighted by Crippen LogP contribution is -2.35. The van der Waals surface area contributed by atoms with Crippen molar-refractivity contribution in [1.82, 2.24) is 4.90 Å². The Hall–Kier alpha value is -1.62. The van der Waals surface area contributed by atoms with Crippen molar-refractivity contribution in [1.29, 1.82) is 0 Å². The molecule has 1 aromatic rings. The van der Waals surface area contributed by atoms with Gasteiger partial charge in [-0.1, -0.05) is 12.2 Å². The van der Waals surface area contributed by atoms with Crippen LogP contribution in [0.25, 0.3) is 0 Å². The average molecular weight is 321 g/mol. The van der Waals surface area contributed by atoms with Crippen molar-refractivity contribution in [2.24, 2.45) is 0 Å². The van der Waals surface area contributed by atoms with Gasteiger partial charge in [0, 0.05) is 23.3 Å². The fourth-order valence-corrected chi connectivity index (χ4v) is 3.78. The highest BCUT2D eigenvalue weighted by Crippen LogP contribution is 2.30. The summed E-state index contributed by atoms with van der Waals surface area (Å²) in [5.41, 5.74) is 2.69. The Kier molecular flexibility index (Phi) is 5.77. The predicted octanol–water partition coefficient (Wildman–Crippen LogP) is 3.21. The van der Waals surface area contributed by atoms with Crippen LogP contribution < -0.4 is 0 Å². The van der Waals surface area contributed by atoms with Gasteiger partial charge in [0.15, 0.2) is 6.61 Å². The van der Waals surface area contributed by atoms with E-state index in [1.165, 1.54) is 11.3 Å². The number of aryl methyl sites for hydroxylation is 1. The van der Waals surface area contributed by atoms with E-state index in [2.05, 4.69) is 6.58 Å². The van der Waals surface area contributed by atoms with Gasteiger partial charge in [0.2, 0.25) is 0 Å². The van der Waals surface area contributed by atoms with Crippen LogP contribution in [0.3, 0.4) is 0 Å². The van der Waals surface area contributed by atoms with Crippen molar-refractivity contribution in [3.63, 3.8) is 0 Å². The molecule has 120 valence electrons. The summed E-state index contributed by atoms with van der Waals surface area (Å²) in [7, 11) is 0. The highest BCUT2D eigenvalue weighted by atomic mass is 32.1. The molecular weight excluding hydrogens is 298 g/mol. The minimum atomic E-state index is -0.376. The number of amides is 1. The summed E-state index contributed by atoms with van der Waals surface area (Å²) in [4.78, 5) is 27.2. The molecule has 0 atom stereocenters. The maximum atomic E-state index is 12.2. The molecule has 0 fully saturated rings. The van der Waals surface area contributed by atoms with Crippen LogP contribution in [0.2, 0.25) is 0 Å². The first kappa shape index (κ1) is 16.7. The summed E-state index contributed by atoms with van der Waals surface area (Å²) in [5.74, 6) is -0.554. The number of ether oxygens (including phenoxy) is 1. The molecule has 0 aromatic carbocycles. The maximum Gasteiger partial charge on any atom is 0.339 e. The van der Waals surface area contributed by atoms with E-state index in [0.717, 1.165) is 30.4 Å². The maximum absolute atomic E-state index is 12.2. The summed E-state index contributed by atoms with van der Waals surface area (Å²) in [6.45, 7) is 8.46. The fourth-order valence-electron chi connectivity index (χ4n) is 2.66. The molecular formula is C17H23NO3S. The van der Waals surface area contributed by atoms with E-state index in [1.807, 2.05) is 19.2 Å². The topological polar surface area (TPSA) is 46.6 Å². The summed E-state index contributed by atoms with van der Waals surface area (Å²) in [5, 5.41) is 1.87. The van der Waals surface area contributed by atoms with Crippen molar-refractivity contribution in [3.8, 4) is 0 Å². The number of likely N-dealkylation sites (N-methyl/N-ethyl adjacent to an activating group) is 1. The normalized spacial score (nSPS) is 13.4. The lowest BCUT2D eigenvalue weighted by Gasteiger charge is -2.20. The Labute approximate surface area is 135 Å². The van der Waals surface area contributed by atoms with E-state index in [-0.39, 0.29) is 18.5 Å². The first-order chi connectivity index (χ1) is 10.5. The Bertz CT molecular complexity index is 576. The summed E-state index contributed by atoms with van der Waals surface area (Å²) >= 11 is 1.63. The van der Waals surface area contributed by atoms with E-state index >= 15 is 0 Å². The first-order valence-corrected chi connectivity index (χ1v) is 8.59. The van der Waals surface area contributed by atoms with Gasteiger partial charge in [-0.2, -0.15) is 0 Å². The van der Waals surface area contributed by atoms with E-state index in [0.29, 0.717) is 18.7 Å². The van der Waals surface area contributed by atoms with Crippen molar-refractivity contribution in [2.45, 2.75) is 39.5 Å². The minimum Gasteiger partial charge on any atom is -0.452 e. The number of rotatable bonds is 6. The molecule has 0 radical (unpaired) electrons. The van der Waals surface area contributed by atoms with Crippen LogP contribution >= 0.6 is 11.3 Å². The molecule has 1 amide bonds. The van der Waals surface area contributed by atoms with Crippen LogP contribution in [0.4, 0.5) is 0 Å². The van der Waals surface area contributed by atoms with E-state index in [4.69, 9.17) is 4.74 Å². The molecule has 1 aliphatic rings. The molecule has 0 saturated heterocycles. The molecule has 22 heavy (non-hydrogen) atoms. The molecule has 0 spiro atoms. The number of esters is 1. The molecule has 2 rings (SSSR count). The molecule has 1 aliphatic carbocycles. The number of nitrogens with zero attached hydrogens (tertiary/aromatic N) is 1. The number of hydrogen-bond acceptors (Lipinski definition) is 4. The Morgan fingerprint density at radius 2 is 2.09 bits per heavy atom. The van der Waals surface area contributed by atoms with Crippen molar-refractivity contribution < 1.29 is 14.3 Å². The van der Waals surface area contributed by atoms with E-state index in [1.54, 1.807) is 16.2 Å². The largest absolute Gasteiger partial charge is 0.452 e. The minimum absolute atomic E-state index is 0.178. The summed E-state index contributed by atoms with van der Waals surface area (Å²) < 4.78 is 5.23. The molecule has 0 unspecified atom stereocenters. The number of carbonyl (C=O) groups excluding carboxylic acids is 2. The Morgan fingerprint density at radius 1 is 1.36 bits per heavy atom. The van der Waals surface area contributed by atoms with Crippen LogP contribution in [0, 0.1) is 0 Å². The van der Waals surface area contributed by atoms with Gasteiger partial charge in [-0.15, -0.1) is 11.3 Å². The summed E-state index contributed by atoms with van der Waals surface area (Å²) in [6.07, 6.45) is 4.29. The number of thiophene rings is 1. The third-order valence-corrected chi connectivity index (χ3v) is 4.89. The zero-order chi connectivity index (χ0) is 16.1. The van der Waals surface area contributed by atoms with Gasteiger partial charge in [0.05, 0.1) is 5.56 Å². The van der Waals surface area contributed by atoms with E-state index in [9.17, 15) is 9.59 Å². The highest BCUT2D eigenvalue weighted by Gasteiger charge is 2.22. The van der Waals surface area contributed by atoms with Gasteiger partial charge in [-0.3, -0.25) is 4.79 Å². The van der Waals surface area contributed by atoms with E-state index < -0.39 is 0 Å². The van der Waals surface area contributed by atoms with Crippen molar-refractivity contribution in [3.05, 3.63) is 33.5 Å². The van der Waals surface area contributed by atoms with Gasteiger partial charge < -0.3 is 9.64 Å². The number of fused-ring (bicyclic) bond motifs is 1. The lowest BCUT2D eigenvalue weighted by atomic mass is 9.96. The third kappa shape index (κ3) is 3.97. The van der Waals surface area contributed by atoms with Gasteiger partial charge in [0.25, 0.3) is 5.91 Å².